The van der Waals surface area contributed by atoms with Crippen LogP contribution in [0.2, 0.25) is 0 Å². The van der Waals surface area contributed by atoms with Crippen LogP contribution in [0, 0.1) is 20.8 Å². The maximum Gasteiger partial charge on any atom is 0.248 e. The predicted octanol–water partition coefficient (Wildman–Crippen LogP) is 3.23. The molecule has 2 fully saturated rings. The summed E-state index contributed by atoms with van der Waals surface area (Å²) in [5.74, 6) is 0.616. The largest absolute Gasteiger partial charge is 0.497 e. The number of carbonyl (C=O) groups excluding carboxylic acids is 1. The lowest BCUT2D eigenvalue weighted by atomic mass is 10.1. The summed E-state index contributed by atoms with van der Waals surface area (Å²) >= 11 is 0. The number of benzene rings is 2. The number of hydrogen-bond donors (Lipinski definition) is 1. The van der Waals surface area contributed by atoms with Crippen LogP contribution in [0.5, 0.6) is 5.75 Å². The second-order valence-corrected chi connectivity index (χ2v) is 12.0. The van der Waals surface area contributed by atoms with Crippen molar-refractivity contribution in [2.75, 3.05) is 51.3 Å². The molecule has 2 saturated heterocycles. The van der Waals surface area contributed by atoms with Crippen LogP contribution in [-0.4, -0.2) is 77.1 Å². The number of ether oxygens (including phenoxy) is 2. The predicted molar refractivity (Wildman–Crippen MR) is 145 cm³/mol. The Bertz CT molecular complexity index is 1180. The van der Waals surface area contributed by atoms with Crippen molar-refractivity contribution in [1.82, 2.24) is 10.2 Å². The number of piperidine rings is 1. The number of hydrogen-bond acceptors (Lipinski definition) is 7. The summed E-state index contributed by atoms with van der Waals surface area (Å²) in [5, 5.41) is 3.34. The molecule has 202 valence electrons. The van der Waals surface area contributed by atoms with E-state index in [0.29, 0.717) is 48.6 Å². The Morgan fingerprint density at radius 2 is 1.76 bits per heavy atom. The van der Waals surface area contributed by atoms with Gasteiger partial charge in [-0.15, -0.1) is 0 Å². The summed E-state index contributed by atoms with van der Waals surface area (Å²) in [7, 11) is -2.19. The van der Waals surface area contributed by atoms with Crippen molar-refractivity contribution in [2.45, 2.75) is 56.4 Å². The third-order valence-electron chi connectivity index (χ3n) is 7.29. The maximum absolute atomic E-state index is 13.9. The van der Waals surface area contributed by atoms with Crippen LogP contribution in [0.25, 0.3) is 0 Å². The molecule has 0 spiro atoms. The Labute approximate surface area is 220 Å². The number of carbonyl (C=O) groups is 1. The summed E-state index contributed by atoms with van der Waals surface area (Å²) in [4.78, 5) is 17.4. The molecule has 2 aliphatic rings. The van der Waals surface area contributed by atoms with Crippen molar-refractivity contribution in [1.29, 1.82) is 0 Å². The molecule has 0 aromatic heterocycles. The zero-order valence-corrected chi connectivity index (χ0v) is 23.1. The quantitative estimate of drug-likeness (QED) is 0.562. The van der Waals surface area contributed by atoms with Gasteiger partial charge in [-0.3, -0.25) is 4.79 Å². The summed E-state index contributed by atoms with van der Waals surface area (Å²) < 4.78 is 39.2. The zero-order chi connectivity index (χ0) is 26.6. The smallest absolute Gasteiger partial charge is 0.248 e. The van der Waals surface area contributed by atoms with Gasteiger partial charge in [0.2, 0.25) is 15.7 Å². The molecule has 2 atom stereocenters. The molecule has 1 N–H and O–H groups in total. The Kier molecular flexibility index (Phi) is 8.77. The highest BCUT2D eigenvalue weighted by molar-refractivity contribution is 7.92. The van der Waals surface area contributed by atoms with E-state index in [2.05, 4.69) is 10.2 Å². The van der Waals surface area contributed by atoms with Gasteiger partial charge in [0.1, 0.15) is 12.4 Å². The fourth-order valence-corrected chi connectivity index (χ4v) is 7.69. The van der Waals surface area contributed by atoms with E-state index in [9.17, 15) is 13.2 Å². The standard InChI is InChI=1S/C28H39N3O5S/c1-20-16-21(2)27(22(3)17-20)37(33,34)28(25-10-5-6-11-29-25)36-19-26(32)31-14-12-30(13-15-31)23-8-7-9-24(18-23)35-4/h7-9,16-18,25,28-29H,5-6,10-15,19H2,1-4H3. The molecule has 8 nitrogen and oxygen atoms in total. The highest BCUT2D eigenvalue weighted by Crippen LogP contribution is 2.30. The van der Waals surface area contributed by atoms with Gasteiger partial charge < -0.3 is 24.6 Å². The highest BCUT2D eigenvalue weighted by atomic mass is 32.2. The number of nitrogens with one attached hydrogen (secondary N) is 1. The van der Waals surface area contributed by atoms with Crippen molar-refractivity contribution in [3.8, 4) is 5.75 Å². The zero-order valence-electron chi connectivity index (χ0n) is 22.3. The van der Waals surface area contributed by atoms with E-state index >= 15 is 0 Å². The average Bonchev–Trinajstić information content (AvgIpc) is 2.88. The van der Waals surface area contributed by atoms with E-state index < -0.39 is 15.3 Å². The van der Waals surface area contributed by atoms with Crippen LogP contribution < -0.4 is 15.0 Å². The molecule has 0 aliphatic carbocycles. The number of aryl methyl sites for hydroxylation is 3. The molecule has 2 unspecified atom stereocenters. The van der Waals surface area contributed by atoms with Crippen LogP contribution in [0.4, 0.5) is 5.69 Å². The molecule has 2 heterocycles. The fraction of sp³-hybridized carbons (Fsp3) is 0.536. The molecule has 2 aliphatic heterocycles. The summed E-state index contributed by atoms with van der Waals surface area (Å²) in [5.41, 5.74) is 2.38. The van der Waals surface area contributed by atoms with Gasteiger partial charge in [-0.25, -0.2) is 8.42 Å². The van der Waals surface area contributed by atoms with Crippen molar-refractivity contribution in [3.63, 3.8) is 0 Å². The lowest BCUT2D eigenvalue weighted by molar-refractivity contribution is -0.137. The van der Waals surface area contributed by atoms with E-state index in [1.807, 2.05) is 57.2 Å². The van der Waals surface area contributed by atoms with Crippen molar-refractivity contribution >= 4 is 21.4 Å². The molecule has 9 heteroatoms. The van der Waals surface area contributed by atoms with Gasteiger partial charge in [0.15, 0.2) is 5.44 Å². The Morgan fingerprint density at radius 1 is 1.05 bits per heavy atom. The number of sulfone groups is 1. The van der Waals surface area contributed by atoms with Crippen LogP contribution in [-0.2, 0) is 19.4 Å². The molecule has 37 heavy (non-hydrogen) atoms. The lowest BCUT2D eigenvalue weighted by Gasteiger charge is -2.37. The van der Waals surface area contributed by atoms with Gasteiger partial charge in [0.05, 0.1) is 12.0 Å². The third kappa shape index (κ3) is 6.27. The summed E-state index contributed by atoms with van der Waals surface area (Å²) in [6, 6.07) is 11.3. The topological polar surface area (TPSA) is 88.2 Å². The summed E-state index contributed by atoms with van der Waals surface area (Å²) in [6.07, 6.45) is 2.63. The van der Waals surface area contributed by atoms with Gasteiger partial charge in [-0.2, -0.15) is 0 Å². The fourth-order valence-electron chi connectivity index (χ4n) is 5.53. The van der Waals surface area contributed by atoms with Crippen LogP contribution in [0.1, 0.15) is 36.0 Å². The van der Waals surface area contributed by atoms with E-state index in [0.717, 1.165) is 36.4 Å². The normalized spacial score (nSPS) is 19.5. The van der Waals surface area contributed by atoms with Crippen LogP contribution >= 0.6 is 0 Å². The SMILES string of the molecule is COc1cccc(N2CCN(C(=O)COC(C3CCCCN3)S(=O)(=O)c3c(C)cc(C)cc3C)CC2)c1. The lowest BCUT2D eigenvalue weighted by Crippen LogP contribution is -2.52. The van der Waals surface area contributed by atoms with Gasteiger partial charge in [-0.1, -0.05) is 30.2 Å². The number of anilines is 1. The molecule has 0 bridgehead atoms. The Balaban J connectivity index is 1.45. The van der Waals surface area contributed by atoms with Crippen molar-refractivity contribution in [2.24, 2.45) is 0 Å². The van der Waals surface area contributed by atoms with Gasteiger partial charge >= 0.3 is 0 Å². The molecule has 0 radical (unpaired) electrons. The molecule has 0 saturated carbocycles. The van der Waals surface area contributed by atoms with E-state index in [1.165, 1.54) is 0 Å². The van der Waals surface area contributed by atoms with Crippen LogP contribution in [0.15, 0.2) is 41.3 Å². The first-order valence-corrected chi connectivity index (χ1v) is 14.6. The Hall–Kier alpha value is -2.62. The molecule has 1 amide bonds. The second-order valence-electron chi connectivity index (χ2n) is 10.1. The number of rotatable bonds is 8. The van der Waals surface area contributed by atoms with E-state index in [1.54, 1.807) is 12.0 Å². The molecular formula is C28H39N3O5S. The van der Waals surface area contributed by atoms with Gasteiger partial charge in [0.25, 0.3) is 0 Å². The molecule has 2 aromatic rings. The van der Waals surface area contributed by atoms with E-state index in [4.69, 9.17) is 9.47 Å². The summed E-state index contributed by atoms with van der Waals surface area (Å²) in [6.45, 7) is 8.57. The minimum Gasteiger partial charge on any atom is -0.497 e. The first-order chi connectivity index (χ1) is 17.7. The monoisotopic (exact) mass is 529 g/mol. The minimum absolute atomic E-state index is 0.182. The van der Waals surface area contributed by atoms with Gasteiger partial charge in [0, 0.05) is 44.0 Å². The number of piperazine rings is 1. The molecular weight excluding hydrogens is 490 g/mol. The third-order valence-corrected chi connectivity index (χ3v) is 9.58. The number of nitrogens with zero attached hydrogens (tertiary/aromatic N) is 2. The van der Waals surface area contributed by atoms with Gasteiger partial charge in [-0.05, 0) is 63.4 Å². The minimum atomic E-state index is -3.83. The Morgan fingerprint density at radius 3 is 2.38 bits per heavy atom. The maximum atomic E-state index is 13.9. The van der Waals surface area contributed by atoms with Crippen molar-refractivity contribution in [3.05, 3.63) is 53.1 Å². The number of amides is 1. The van der Waals surface area contributed by atoms with Crippen molar-refractivity contribution < 1.29 is 22.7 Å². The molecule has 4 rings (SSSR count). The first-order valence-electron chi connectivity index (χ1n) is 13.0. The van der Waals surface area contributed by atoms with Crippen LogP contribution in [0.3, 0.4) is 0 Å². The molecule has 2 aromatic carbocycles. The first kappa shape index (κ1) is 27.4. The second kappa shape index (κ2) is 11.8. The highest BCUT2D eigenvalue weighted by Gasteiger charge is 2.39. The average molecular weight is 530 g/mol. The number of methoxy groups -OCH3 is 1. The van der Waals surface area contributed by atoms with E-state index in [-0.39, 0.29) is 18.6 Å².